The number of nitrogens with zero attached hydrogens (tertiary/aromatic N) is 1. The molecule has 0 amide bonds. The second kappa shape index (κ2) is 7.24. The molecule has 5 nitrogen and oxygen atoms in total. The molecule has 0 aromatic heterocycles. The summed E-state index contributed by atoms with van der Waals surface area (Å²) in [5.41, 5.74) is -1.53. The molecule has 0 bridgehead atoms. The van der Waals surface area contributed by atoms with Gasteiger partial charge in [-0.1, -0.05) is 26.2 Å². The number of aliphatic carboxylic acids is 1. The van der Waals surface area contributed by atoms with E-state index in [0.29, 0.717) is 5.92 Å². The van der Waals surface area contributed by atoms with Gasteiger partial charge in [-0.2, -0.15) is 5.26 Å². The summed E-state index contributed by atoms with van der Waals surface area (Å²) in [6.45, 7) is 2.08. The summed E-state index contributed by atoms with van der Waals surface area (Å²) >= 11 is 0. The van der Waals surface area contributed by atoms with E-state index >= 15 is 0 Å². The Bertz CT molecular complexity index is 388. The zero-order valence-electron chi connectivity index (χ0n) is 12.7. The summed E-state index contributed by atoms with van der Waals surface area (Å²) in [6.07, 6.45) is 8.09. The largest absolute Gasteiger partial charge is 0.480 e. The van der Waals surface area contributed by atoms with Crippen molar-refractivity contribution in [2.75, 3.05) is 13.2 Å². The first-order chi connectivity index (χ1) is 10.1. The van der Waals surface area contributed by atoms with Crippen molar-refractivity contribution < 1.29 is 19.4 Å². The second-order valence-corrected chi connectivity index (χ2v) is 6.41. The number of carbonyl (C=O) groups is 1. The summed E-state index contributed by atoms with van der Waals surface area (Å²) in [5.74, 6) is 0.00194. The van der Waals surface area contributed by atoms with E-state index < -0.39 is 11.4 Å². The molecule has 1 aliphatic heterocycles. The quantitative estimate of drug-likeness (QED) is 0.843. The van der Waals surface area contributed by atoms with Crippen LogP contribution in [0.1, 0.15) is 51.9 Å². The van der Waals surface area contributed by atoms with Crippen molar-refractivity contribution in [1.29, 1.82) is 5.26 Å². The van der Waals surface area contributed by atoms with Crippen LogP contribution < -0.4 is 0 Å². The number of ether oxygens (including phenoxy) is 2. The number of hydrogen-bond donors (Lipinski definition) is 1. The molecule has 2 rings (SSSR count). The van der Waals surface area contributed by atoms with Gasteiger partial charge in [-0.05, 0) is 31.6 Å². The van der Waals surface area contributed by atoms with E-state index in [1.807, 2.05) is 6.07 Å². The van der Waals surface area contributed by atoms with Crippen molar-refractivity contribution in [3.63, 3.8) is 0 Å². The highest BCUT2D eigenvalue weighted by Crippen LogP contribution is 2.37. The molecule has 0 aromatic carbocycles. The van der Waals surface area contributed by atoms with Crippen LogP contribution in [0.15, 0.2) is 0 Å². The minimum Gasteiger partial charge on any atom is -0.480 e. The first-order valence-electron chi connectivity index (χ1n) is 7.99. The highest BCUT2D eigenvalue weighted by Gasteiger charge is 2.46. The SMILES string of the molecule is CCCCC1CCC(C2OCC(C#N)(C(=O)O)CO2)CC1. The van der Waals surface area contributed by atoms with Gasteiger partial charge in [0.1, 0.15) is 0 Å². The Kier molecular flexibility index (Phi) is 5.60. The third kappa shape index (κ3) is 3.75. The lowest BCUT2D eigenvalue weighted by molar-refractivity contribution is -0.244. The molecular weight excluding hydrogens is 270 g/mol. The van der Waals surface area contributed by atoms with Crippen LogP contribution in [-0.4, -0.2) is 30.6 Å². The minimum atomic E-state index is -1.53. The van der Waals surface area contributed by atoms with Gasteiger partial charge in [-0.25, -0.2) is 0 Å². The van der Waals surface area contributed by atoms with Gasteiger partial charge < -0.3 is 14.6 Å². The Morgan fingerprint density at radius 2 is 1.90 bits per heavy atom. The summed E-state index contributed by atoms with van der Waals surface area (Å²) in [4.78, 5) is 11.2. The molecule has 1 aliphatic carbocycles. The van der Waals surface area contributed by atoms with Crippen molar-refractivity contribution in [3.05, 3.63) is 0 Å². The second-order valence-electron chi connectivity index (χ2n) is 6.41. The number of rotatable bonds is 5. The van der Waals surface area contributed by atoms with E-state index in [1.54, 1.807) is 0 Å². The molecular formula is C16H25NO4. The average molecular weight is 295 g/mol. The first kappa shape index (κ1) is 16.3. The van der Waals surface area contributed by atoms with Gasteiger partial charge in [-0.3, -0.25) is 4.79 Å². The molecule has 1 heterocycles. The molecule has 118 valence electrons. The maximum Gasteiger partial charge on any atom is 0.328 e. The molecule has 0 radical (unpaired) electrons. The number of carboxylic acid groups (broad SMARTS) is 1. The third-order valence-electron chi connectivity index (χ3n) is 4.85. The molecule has 1 saturated heterocycles. The third-order valence-corrected chi connectivity index (χ3v) is 4.85. The molecule has 0 atom stereocenters. The van der Waals surface area contributed by atoms with Gasteiger partial charge in [-0.15, -0.1) is 0 Å². The lowest BCUT2D eigenvalue weighted by Crippen LogP contribution is -2.48. The maximum absolute atomic E-state index is 11.2. The smallest absolute Gasteiger partial charge is 0.328 e. The summed E-state index contributed by atoms with van der Waals surface area (Å²) in [5, 5.41) is 18.2. The Labute approximate surface area is 126 Å². The standard InChI is InChI=1S/C16H25NO4/c1-2-3-4-12-5-7-13(8-6-12)14-20-10-16(9-17,11-21-14)15(18)19/h12-14H,2-8,10-11H2,1H3,(H,18,19). The number of carboxylic acids is 1. The monoisotopic (exact) mass is 295 g/mol. The highest BCUT2D eigenvalue weighted by atomic mass is 16.7. The van der Waals surface area contributed by atoms with Crippen LogP contribution in [-0.2, 0) is 14.3 Å². The lowest BCUT2D eigenvalue weighted by Gasteiger charge is -2.38. The van der Waals surface area contributed by atoms with E-state index in [-0.39, 0.29) is 19.5 Å². The predicted molar refractivity (Wildman–Crippen MR) is 76.3 cm³/mol. The Balaban J connectivity index is 1.79. The fraction of sp³-hybridized carbons (Fsp3) is 0.875. The highest BCUT2D eigenvalue weighted by molar-refractivity contribution is 5.78. The molecule has 21 heavy (non-hydrogen) atoms. The fourth-order valence-electron chi connectivity index (χ4n) is 3.29. The van der Waals surface area contributed by atoms with Crippen LogP contribution >= 0.6 is 0 Å². The van der Waals surface area contributed by atoms with E-state index in [4.69, 9.17) is 19.8 Å². The number of unbranched alkanes of at least 4 members (excludes halogenated alkanes) is 1. The van der Waals surface area contributed by atoms with Crippen molar-refractivity contribution >= 4 is 5.97 Å². The fourth-order valence-corrected chi connectivity index (χ4v) is 3.29. The topological polar surface area (TPSA) is 79.5 Å². The normalized spacial score (nSPS) is 36.9. The molecule has 0 unspecified atom stereocenters. The molecule has 2 aliphatic rings. The zero-order chi connectivity index (χ0) is 15.3. The molecule has 5 heteroatoms. The Morgan fingerprint density at radius 3 is 2.38 bits per heavy atom. The van der Waals surface area contributed by atoms with Crippen LogP contribution in [0, 0.1) is 28.6 Å². The van der Waals surface area contributed by atoms with Crippen molar-refractivity contribution in [2.45, 2.75) is 58.2 Å². The van der Waals surface area contributed by atoms with Crippen LogP contribution in [0.2, 0.25) is 0 Å². The average Bonchev–Trinajstić information content (AvgIpc) is 2.53. The Hall–Kier alpha value is -1.12. The molecule has 0 spiro atoms. The first-order valence-corrected chi connectivity index (χ1v) is 7.99. The van der Waals surface area contributed by atoms with Gasteiger partial charge in [0.15, 0.2) is 6.29 Å². The van der Waals surface area contributed by atoms with Crippen molar-refractivity contribution in [2.24, 2.45) is 17.3 Å². The zero-order valence-corrected chi connectivity index (χ0v) is 12.7. The van der Waals surface area contributed by atoms with E-state index in [1.165, 1.54) is 32.1 Å². The summed E-state index contributed by atoms with van der Waals surface area (Å²) in [7, 11) is 0. The summed E-state index contributed by atoms with van der Waals surface area (Å²) < 4.78 is 11.2. The van der Waals surface area contributed by atoms with Crippen LogP contribution in [0.5, 0.6) is 0 Å². The summed E-state index contributed by atoms with van der Waals surface area (Å²) in [6, 6.07) is 1.82. The maximum atomic E-state index is 11.2. The van der Waals surface area contributed by atoms with E-state index in [0.717, 1.165) is 18.8 Å². The van der Waals surface area contributed by atoms with E-state index in [9.17, 15) is 4.79 Å². The lowest BCUT2D eigenvalue weighted by atomic mass is 9.79. The van der Waals surface area contributed by atoms with Gasteiger partial charge >= 0.3 is 5.97 Å². The van der Waals surface area contributed by atoms with Gasteiger partial charge in [0, 0.05) is 5.92 Å². The number of nitriles is 1. The van der Waals surface area contributed by atoms with Crippen molar-refractivity contribution in [1.82, 2.24) is 0 Å². The molecule has 1 N–H and O–H groups in total. The molecule has 0 aromatic rings. The minimum absolute atomic E-state index is 0.0702. The molecule has 2 fully saturated rings. The van der Waals surface area contributed by atoms with Gasteiger partial charge in [0.05, 0.1) is 19.3 Å². The Morgan fingerprint density at radius 1 is 1.29 bits per heavy atom. The van der Waals surface area contributed by atoms with Crippen molar-refractivity contribution in [3.8, 4) is 6.07 Å². The van der Waals surface area contributed by atoms with Gasteiger partial charge in [0.2, 0.25) is 5.41 Å². The van der Waals surface area contributed by atoms with E-state index in [2.05, 4.69) is 6.92 Å². The molecule has 1 saturated carbocycles. The predicted octanol–water partition coefficient (Wildman–Crippen LogP) is 2.95. The van der Waals surface area contributed by atoms with Crippen LogP contribution in [0.3, 0.4) is 0 Å². The number of hydrogen-bond acceptors (Lipinski definition) is 4. The van der Waals surface area contributed by atoms with Gasteiger partial charge in [0.25, 0.3) is 0 Å². The van der Waals surface area contributed by atoms with Crippen LogP contribution in [0.4, 0.5) is 0 Å². The van der Waals surface area contributed by atoms with Crippen LogP contribution in [0.25, 0.3) is 0 Å².